The molecule has 2 N–H and O–H groups in total. The van der Waals surface area contributed by atoms with Crippen LogP contribution < -0.4 is 10.6 Å². The van der Waals surface area contributed by atoms with Gasteiger partial charge >= 0.3 is 0 Å². The number of nitrogens with one attached hydrogen (secondary N) is 2. The number of amides is 1. The van der Waals surface area contributed by atoms with Crippen molar-refractivity contribution in [1.82, 2.24) is 10.6 Å². The van der Waals surface area contributed by atoms with Crippen molar-refractivity contribution in [2.45, 2.75) is 51.8 Å². The molecule has 3 nitrogen and oxygen atoms in total. The summed E-state index contributed by atoms with van der Waals surface area (Å²) in [6.45, 7) is 10.7. The lowest BCUT2D eigenvalue weighted by atomic mass is 9.88. The predicted octanol–water partition coefficient (Wildman–Crippen LogP) is 2.02. The Labute approximate surface area is 109 Å². The van der Waals surface area contributed by atoms with Crippen LogP contribution in [0.15, 0.2) is 0 Å². The molecule has 1 saturated heterocycles. The van der Waals surface area contributed by atoms with Gasteiger partial charge in [0.15, 0.2) is 0 Å². The largest absolute Gasteiger partial charge is 0.352 e. The maximum absolute atomic E-state index is 11.8. The van der Waals surface area contributed by atoms with Gasteiger partial charge in [0.1, 0.15) is 0 Å². The van der Waals surface area contributed by atoms with E-state index in [1.807, 2.05) is 0 Å². The number of carbonyl (C=O) groups is 1. The highest BCUT2D eigenvalue weighted by atomic mass is 32.2. The zero-order chi connectivity index (χ0) is 12.9. The number of thioether (sulfide) groups is 1. The first-order chi connectivity index (χ1) is 7.89. The Kier molecular flexibility index (Phi) is 5.80. The molecule has 1 heterocycles. The number of hydrogen-bond donors (Lipinski definition) is 2. The predicted molar refractivity (Wildman–Crippen MR) is 75.4 cm³/mol. The fourth-order valence-electron chi connectivity index (χ4n) is 1.66. The summed E-state index contributed by atoms with van der Waals surface area (Å²) in [5.41, 5.74) is 0.134. The SMILES string of the molecule is CC(NC(=O)CSC1CCNCC1)C(C)(C)C. The van der Waals surface area contributed by atoms with Crippen LogP contribution in [0.1, 0.15) is 40.5 Å². The summed E-state index contributed by atoms with van der Waals surface area (Å²) >= 11 is 1.81. The van der Waals surface area contributed by atoms with Crippen molar-refractivity contribution in [3.8, 4) is 0 Å². The Bertz CT molecular complexity index is 244. The summed E-state index contributed by atoms with van der Waals surface area (Å²) < 4.78 is 0. The number of carbonyl (C=O) groups excluding carboxylic acids is 1. The fraction of sp³-hybridized carbons (Fsp3) is 0.923. The van der Waals surface area contributed by atoms with Gasteiger partial charge in [-0.15, -0.1) is 11.8 Å². The topological polar surface area (TPSA) is 41.1 Å². The Morgan fingerprint density at radius 1 is 1.41 bits per heavy atom. The molecule has 1 amide bonds. The van der Waals surface area contributed by atoms with E-state index in [1.54, 1.807) is 11.8 Å². The highest BCUT2D eigenvalue weighted by Gasteiger charge is 2.22. The van der Waals surface area contributed by atoms with E-state index in [4.69, 9.17) is 0 Å². The molecule has 0 aromatic rings. The molecule has 0 aromatic carbocycles. The third kappa shape index (κ3) is 5.77. The molecule has 0 aromatic heterocycles. The van der Waals surface area contributed by atoms with E-state index >= 15 is 0 Å². The highest BCUT2D eigenvalue weighted by Crippen LogP contribution is 2.21. The second-order valence-corrected chi connectivity index (χ2v) is 7.20. The minimum atomic E-state index is 0.134. The summed E-state index contributed by atoms with van der Waals surface area (Å²) in [6, 6.07) is 0.226. The zero-order valence-corrected chi connectivity index (χ0v) is 12.3. The molecule has 0 bridgehead atoms. The van der Waals surface area contributed by atoms with E-state index in [-0.39, 0.29) is 17.4 Å². The van der Waals surface area contributed by atoms with Crippen LogP contribution >= 0.6 is 11.8 Å². The van der Waals surface area contributed by atoms with Crippen LogP contribution in [0.25, 0.3) is 0 Å². The second-order valence-electron chi connectivity index (χ2n) is 5.92. The van der Waals surface area contributed by atoms with Gasteiger partial charge in [-0.3, -0.25) is 4.79 Å². The van der Waals surface area contributed by atoms with Crippen LogP contribution in [0.3, 0.4) is 0 Å². The molecule has 1 aliphatic rings. The van der Waals surface area contributed by atoms with Gasteiger partial charge in [-0.2, -0.15) is 0 Å². The van der Waals surface area contributed by atoms with E-state index in [1.165, 1.54) is 12.8 Å². The average Bonchev–Trinajstić information content (AvgIpc) is 2.26. The highest BCUT2D eigenvalue weighted by molar-refractivity contribution is 8.00. The van der Waals surface area contributed by atoms with Crippen molar-refractivity contribution in [2.24, 2.45) is 5.41 Å². The summed E-state index contributed by atoms with van der Waals surface area (Å²) in [5, 5.41) is 7.08. The van der Waals surface area contributed by atoms with Crippen LogP contribution in [0.2, 0.25) is 0 Å². The molecule has 1 unspecified atom stereocenters. The first-order valence-electron chi connectivity index (χ1n) is 6.51. The Morgan fingerprint density at radius 3 is 2.53 bits per heavy atom. The van der Waals surface area contributed by atoms with Gasteiger partial charge in [-0.05, 0) is 38.3 Å². The van der Waals surface area contributed by atoms with Gasteiger partial charge in [0.05, 0.1) is 5.75 Å². The third-order valence-corrected chi connectivity index (χ3v) is 4.78. The van der Waals surface area contributed by atoms with E-state index in [9.17, 15) is 4.79 Å². The molecule has 0 spiro atoms. The number of hydrogen-bond acceptors (Lipinski definition) is 3. The lowest BCUT2D eigenvalue weighted by Gasteiger charge is -2.28. The molecule has 1 atom stereocenters. The summed E-state index contributed by atoms with van der Waals surface area (Å²) in [4.78, 5) is 11.8. The van der Waals surface area contributed by atoms with Crippen LogP contribution in [-0.2, 0) is 4.79 Å². The van der Waals surface area contributed by atoms with Crippen molar-refractivity contribution in [3.05, 3.63) is 0 Å². The van der Waals surface area contributed by atoms with Crippen molar-refractivity contribution in [1.29, 1.82) is 0 Å². The van der Waals surface area contributed by atoms with Gasteiger partial charge in [-0.25, -0.2) is 0 Å². The molecular formula is C13H26N2OS. The average molecular weight is 258 g/mol. The van der Waals surface area contributed by atoms with Gasteiger partial charge < -0.3 is 10.6 Å². The first kappa shape index (κ1) is 14.8. The molecule has 1 aliphatic heterocycles. The van der Waals surface area contributed by atoms with Crippen molar-refractivity contribution in [2.75, 3.05) is 18.8 Å². The van der Waals surface area contributed by atoms with Gasteiger partial charge in [-0.1, -0.05) is 20.8 Å². The monoisotopic (exact) mass is 258 g/mol. The van der Waals surface area contributed by atoms with Crippen LogP contribution in [0.5, 0.6) is 0 Å². The Balaban J connectivity index is 2.20. The molecule has 0 saturated carbocycles. The molecule has 4 heteroatoms. The first-order valence-corrected chi connectivity index (χ1v) is 7.56. The van der Waals surface area contributed by atoms with Crippen LogP contribution in [0.4, 0.5) is 0 Å². The van der Waals surface area contributed by atoms with Crippen molar-refractivity contribution < 1.29 is 4.79 Å². The maximum Gasteiger partial charge on any atom is 0.230 e. The Hall–Kier alpha value is -0.220. The maximum atomic E-state index is 11.8. The quantitative estimate of drug-likeness (QED) is 0.810. The van der Waals surface area contributed by atoms with Crippen molar-refractivity contribution in [3.63, 3.8) is 0 Å². The molecule has 0 aliphatic carbocycles. The molecule has 17 heavy (non-hydrogen) atoms. The van der Waals surface area contributed by atoms with E-state index in [2.05, 4.69) is 38.3 Å². The fourth-order valence-corrected chi connectivity index (χ4v) is 2.69. The summed E-state index contributed by atoms with van der Waals surface area (Å²) in [7, 11) is 0. The van der Waals surface area contributed by atoms with Crippen molar-refractivity contribution >= 4 is 17.7 Å². The van der Waals surface area contributed by atoms with E-state index in [0.717, 1.165) is 13.1 Å². The number of piperidine rings is 1. The smallest absolute Gasteiger partial charge is 0.230 e. The molecule has 100 valence electrons. The normalized spacial score (nSPS) is 20.0. The van der Waals surface area contributed by atoms with E-state index in [0.29, 0.717) is 11.0 Å². The lowest BCUT2D eigenvalue weighted by Crippen LogP contribution is -2.42. The minimum Gasteiger partial charge on any atom is -0.352 e. The van der Waals surface area contributed by atoms with Crippen LogP contribution in [-0.4, -0.2) is 36.0 Å². The van der Waals surface area contributed by atoms with Gasteiger partial charge in [0.25, 0.3) is 0 Å². The minimum absolute atomic E-state index is 0.134. The summed E-state index contributed by atoms with van der Waals surface area (Å²) in [5.74, 6) is 0.779. The molecule has 0 radical (unpaired) electrons. The van der Waals surface area contributed by atoms with Crippen LogP contribution in [0, 0.1) is 5.41 Å². The van der Waals surface area contributed by atoms with Gasteiger partial charge in [0, 0.05) is 11.3 Å². The van der Waals surface area contributed by atoms with E-state index < -0.39 is 0 Å². The number of rotatable bonds is 4. The standard InChI is InChI=1S/C13H26N2OS/c1-10(13(2,3)4)15-12(16)9-17-11-5-7-14-8-6-11/h10-11,14H,5-9H2,1-4H3,(H,15,16). The zero-order valence-electron chi connectivity index (χ0n) is 11.5. The second kappa shape index (κ2) is 6.64. The summed E-state index contributed by atoms with van der Waals surface area (Å²) in [6.07, 6.45) is 2.37. The molecule has 1 fully saturated rings. The Morgan fingerprint density at radius 2 is 2.00 bits per heavy atom. The third-order valence-electron chi connectivity index (χ3n) is 3.41. The van der Waals surface area contributed by atoms with Gasteiger partial charge in [0.2, 0.25) is 5.91 Å². The molecular weight excluding hydrogens is 232 g/mol. The lowest BCUT2D eigenvalue weighted by molar-refractivity contribution is -0.119. The molecule has 1 rings (SSSR count).